The number of allylic oxidation sites excluding steroid dienone is 1. The van der Waals surface area contributed by atoms with E-state index in [0.29, 0.717) is 23.0 Å². The summed E-state index contributed by atoms with van der Waals surface area (Å²) in [5.41, 5.74) is 6.90. The zero-order valence-electron chi connectivity index (χ0n) is 22.8. The van der Waals surface area contributed by atoms with Gasteiger partial charge in [0.15, 0.2) is 0 Å². The van der Waals surface area contributed by atoms with Crippen LogP contribution in [0.4, 0.5) is 9.57 Å². The largest absolute Gasteiger partial charge is 0.388 e. The van der Waals surface area contributed by atoms with Crippen molar-refractivity contribution in [3.63, 3.8) is 0 Å². The van der Waals surface area contributed by atoms with Crippen LogP contribution in [0.2, 0.25) is 0 Å². The number of aryl methyl sites for hydroxylation is 2. The van der Waals surface area contributed by atoms with Crippen molar-refractivity contribution in [1.82, 2.24) is 14.5 Å². The van der Waals surface area contributed by atoms with Crippen LogP contribution in [0.3, 0.4) is 0 Å². The molecule has 5 rings (SSSR count). The first kappa shape index (κ1) is 27.9. The molecule has 4 nitrogen and oxygen atoms in total. The quantitative estimate of drug-likeness (QED) is 0.232. The molecular weight excluding hydrogens is 491 g/mol. The van der Waals surface area contributed by atoms with Gasteiger partial charge in [-0.2, -0.15) is 3.89 Å². The molecule has 1 aliphatic rings. The number of piperidine rings is 1. The van der Waals surface area contributed by atoms with Crippen molar-refractivity contribution in [2.24, 2.45) is 0 Å². The normalized spacial score (nSPS) is 14.2. The van der Waals surface area contributed by atoms with Crippen LogP contribution in [0.25, 0.3) is 22.4 Å². The molecule has 0 spiro atoms. The molecule has 0 amide bonds. The molecule has 3 aromatic carbocycles. The first-order valence-electron chi connectivity index (χ1n) is 13.5. The molecule has 1 aliphatic heterocycles. The predicted molar refractivity (Wildman–Crippen MR) is 162 cm³/mol. The van der Waals surface area contributed by atoms with E-state index in [1.807, 2.05) is 26.1 Å². The van der Waals surface area contributed by atoms with E-state index < -0.39 is 0 Å². The van der Waals surface area contributed by atoms with Gasteiger partial charge in [0.1, 0.15) is 5.82 Å². The number of likely N-dealkylation sites (tertiary alicyclic amines) is 1. The summed E-state index contributed by atoms with van der Waals surface area (Å²) < 4.78 is 15.6. The number of imidazole rings is 1. The van der Waals surface area contributed by atoms with Gasteiger partial charge in [-0.25, -0.2) is 4.98 Å². The van der Waals surface area contributed by atoms with Gasteiger partial charge in [-0.05, 0) is 94.6 Å². The van der Waals surface area contributed by atoms with E-state index in [4.69, 9.17) is 4.98 Å². The van der Waals surface area contributed by atoms with E-state index in [9.17, 15) is 3.89 Å². The van der Waals surface area contributed by atoms with E-state index >= 15 is 0 Å². The molecule has 0 unspecified atom stereocenters. The van der Waals surface area contributed by atoms with Crippen LogP contribution < -0.4 is 5.32 Å². The number of nitrogens with one attached hydrogen (secondary N) is 1. The molecule has 6 heteroatoms. The first-order chi connectivity index (χ1) is 18.6. The lowest BCUT2D eigenvalue weighted by molar-refractivity contribution is 0.207. The summed E-state index contributed by atoms with van der Waals surface area (Å²) >= 11 is 0.293. The maximum Gasteiger partial charge on any atom is 0.141 e. The number of anilines is 1. The average molecular weight is 531 g/mol. The molecule has 0 saturated carbocycles. The van der Waals surface area contributed by atoms with E-state index in [-0.39, 0.29) is 0 Å². The summed E-state index contributed by atoms with van der Waals surface area (Å²) in [6.45, 7) is 11.5. The van der Waals surface area contributed by atoms with Crippen molar-refractivity contribution in [3.8, 4) is 11.4 Å². The number of halogens is 1. The van der Waals surface area contributed by atoms with E-state index in [2.05, 4.69) is 76.8 Å². The van der Waals surface area contributed by atoms with Crippen LogP contribution in [0, 0.1) is 6.92 Å². The van der Waals surface area contributed by atoms with Crippen LogP contribution in [-0.4, -0.2) is 41.1 Å². The third kappa shape index (κ3) is 6.86. The van der Waals surface area contributed by atoms with Crippen molar-refractivity contribution in [1.29, 1.82) is 0 Å². The summed E-state index contributed by atoms with van der Waals surface area (Å²) in [6, 6.07) is 23.0. The summed E-state index contributed by atoms with van der Waals surface area (Å²) in [6.07, 6.45) is 5.19. The Kier molecular flexibility index (Phi) is 10.0. The highest BCUT2D eigenvalue weighted by Gasteiger charge is 2.21. The van der Waals surface area contributed by atoms with Crippen LogP contribution in [0.5, 0.6) is 0 Å². The van der Waals surface area contributed by atoms with Gasteiger partial charge < -0.3 is 14.8 Å². The van der Waals surface area contributed by atoms with Gasteiger partial charge in [0.25, 0.3) is 0 Å². The minimum atomic E-state index is 0.293. The smallest absolute Gasteiger partial charge is 0.141 e. The fourth-order valence-electron chi connectivity index (χ4n) is 5.19. The standard InChI is InChI=1S/C29H33FN4S.C3H6/c1-21-7-9-23(10-8-21)29-32-27-12-11-26(35-30)20-28(27)34(29)16-4-15-33-17-13-22(14-18-33)24-5-3-6-25(19-24)31-2;1-3-2/h3,5-12,19-20,22,31H,4,13-18H2,1-2H3;3H,1H2,2H3. The van der Waals surface area contributed by atoms with E-state index in [1.54, 1.807) is 12.1 Å². The number of rotatable bonds is 8. The van der Waals surface area contributed by atoms with Gasteiger partial charge >= 0.3 is 0 Å². The minimum absolute atomic E-state index is 0.293. The molecule has 1 fully saturated rings. The molecule has 1 aromatic heterocycles. The topological polar surface area (TPSA) is 33.1 Å². The Hall–Kier alpha value is -3.09. The molecule has 1 N–H and O–H groups in total. The summed E-state index contributed by atoms with van der Waals surface area (Å²) in [7, 11) is 1.98. The summed E-state index contributed by atoms with van der Waals surface area (Å²) in [5, 5.41) is 3.26. The maximum atomic E-state index is 13.3. The molecule has 0 atom stereocenters. The Bertz CT molecular complexity index is 1320. The Morgan fingerprint density at radius 2 is 1.79 bits per heavy atom. The zero-order valence-corrected chi connectivity index (χ0v) is 23.6. The second-order valence-corrected chi connectivity index (χ2v) is 10.6. The predicted octanol–water partition coefficient (Wildman–Crippen LogP) is 8.49. The van der Waals surface area contributed by atoms with Crippen molar-refractivity contribution in [2.75, 3.05) is 32.0 Å². The van der Waals surface area contributed by atoms with Crippen LogP contribution >= 0.6 is 12.1 Å². The van der Waals surface area contributed by atoms with Crippen LogP contribution in [0.1, 0.15) is 43.2 Å². The van der Waals surface area contributed by atoms with Gasteiger partial charge in [0, 0.05) is 29.7 Å². The number of aromatic nitrogens is 2. The van der Waals surface area contributed by atoms with Crippen molar-refractivity contribution in [2.45, 2.75) is 50.5 Å². The van der Waals surface area contributed by atoms with Crippen LogP contribution in [-0.2, 0) is 6.54 Å². The van der Waals surface area contributed by atoms with Crippen molar-refractivity contribution in [3.05, 3.63) is 90.5 Å². The highest BCUT2D eigenvalue weighted by Crippen LogP contribution is 2.31. The van der Waals surface area contributed by atoms with Gasteiger partial charge in [-0.3, -0.25) is 0 Å². The monoisotopic (exact) mass is 530 g/mol. The maximum absolute atomic E-state index is 13.3. The number of fused-ring (bicyclic) bond motifs is 1. The van der Waals surface area contributed by atoms with Gasteiger partial charge in [0.2, 0.25) is 0 Å². The second-order valence-electron chi connectivity index (χ2n) is 9.93. The zero-order chi connectivity index (χ0) is 26.9. The molecule has 0 bridgehead atoms. The molecule has 200 valence electrons. The highest BCUT2D eigenvalue weighted by atomic mass is 32.2. The Balaban J connectivity index is 0.00000107. The fraction of sp³-hybridized carbons (Fsp3) is 0.344. The lowest BCUT2D eigenvalue weighted by Crippen LogP contribution is -2.34. The number of nitrogens with zero attached hydrogens (tertiary/aromatic N) is 3. The molecule has 0 aliphatic carbocycles. The summed E-state index contributed by atoms with van der Waals surface area (Å²) in [5.74, 6) is 1.60. The fourth-order valence-corrected chi connectivity index (χ4v) is 5.47. The second kappa shape index (κ2) is 13.6. The van der Waals surface area contributed by atoms with Gasteiger partial charge in [-0.1, -0.05) is 48.0 Å². The number of benzene rings is 3. The lowest BCUT2D eigenvalue weighted by Gasteiger charge is -2.32. The molecule has 1 saturated heterocycles. The number of hydrogen-bond donors (Lipinski definition) is 1. The van der Waals surface area contributed by atoms with Crippen molar-refractivity contribution >= 4 is 28.9 Å². The highest BCUT2D eigenvalue weighted by molar-refractivity contribution is 7.94. The van der Waals surface area contributed by atoms with Gasteiger partial charge in [0.05, 0.1) is 23.2 Å². The van der Waals surface area contributed by atoms with Crippen LogP contribution in [0.15, 0.2) is 84.3 Å². The van der Waals surface area contributed by atoms with Gasteiger partial charge in [-0.15, -0.1) is 6.58 Å². The molecular formula is C32H39FN4S. The third-order valence-electron chi connectivity index (χ3n) is 7.21. The SMILES string of the molecule is C=CC.CNc1cccc(C2CCN(CCCn3c(-c4ccc(C)cc4)nc4ccc(SF)cc43)CC2)c1. The molecule has 38 heavy (non-hydrogen) atoms. The Labute approximate surface area is 231 Å². The van der Waals surface area contributed by atoms with Crippen molar-refractivity contribution < 1.29 is 3.89 Å². The summed E-state index contributed by atoms with van der Waals surface area (Å²) in [4.78, 5) is 8.14. The molecule has 0 radical (unpaired) electrons. The Morgan fingerprint density at radius 3 is 2.47 bits per heavy atom. The molecule has 2 heterocycles. The lowest BCUT2D eigenvalue weighted by atomic mass is 9.89. The third-order valence-corrected chi connectivity index (χ3v) is 7.64. The Morgan fingerprint density at radius 1 is 1.05 bits per heavy atom. The average Bonchev–Trinajstić information content (AvgIpc) is 3.32. The number of hydrogen-bond acceptors (Lipinski definition) is 4. The van der Waals surface area contributed by atoms with E-state index in [1.165, 1.54) is 29.7 Å². The molecule has 4 aromatic rings. The van der Waals surface area contributed by atoms with E-state index in [0.717, 1.165) is 55.0 Å². The first-order valence-corrected chi connectivity index (χ1v) is 14.2. The minimum Gasteiger partial charge on any atom is -0.388 e.